The van der Waals surface area contributed by atoms with Crippen LogP contribution in [-0.2, 0) is 9.53 Å². The van der Waals surface area contributed by atoms with Crippen molar-refractivity contribution in [2.75, 3.05) is 57.6 Å². The molecular formula is C17H32Cl2N6O2. The Hall–Kier alpha value is -1.35. The van der Waals surface area contributed by atoms with Crippen molar-refractivity contribution >= 4 is 42.5 Å². The number of nitrogens with zero attached hydrogens (tertiary/aromatic N) is 4. The Bertz CT molecular complexity index is 578. The van der Waals surface area contributed by atoms with Crippen molar-refractivity contribution in [2.24, 2.45) is 11.8 Å². The van der Waals surface area contributed by atoms with Gasteiger partial charge in [-0.15, -0.1) is 24.8 Å². The van der Waals surface area contributed by atoms with Crippen LogP contribution in [0.3, 0.4) is 0 Å². The third-order valence-electron chi connectivity index (χ3n) is 4.64. The zero-order valence-electron chi connectivity index (χ0n) is 16.4. The van der Waals surface area contributed by atoms with Crippen molar-refractivity contribution in [3.8, 4) is 0 Å². The molecule has 3 N–H and O–H groups in total. The first kappa shape index (κ1) is 25.6. The second-order valence-electron chi connectivity index (χ2n) is 6.99. The molecule has 0 saturated carbocycles. The molecule has 1 amide bonds. The van der Waals surface area contributed by atoms with Gasteiger partial charge in [-0.3, -0.25) is 9.69 Å². The minimum Gasteiger partial charge on any atom is -0.383 e. The predicted octanol–water partition coefficient (Wildman–Crippen LogP) is 1.06. The zero-order chi connectivity index (χ0) is 18.4. The number of carbonyl (C=O) groups excluding carboxylic acids is 1. The summed E-state index contributed by atoms with van der Waals surface area (Å²) in [7, 11) is 3.58. The molecule has 0 unspecified atom stereocenters. The maximum Gasteiger partial charge on any atom is 0.234 e. The summed E-state index contributed by atoms with van der Waals surface area (Å²) >= 11 is 0. The van der Waals surface area contributed by atoms with E-state index in [1.54, 1.807) is 13.3 Å². The summed E-state index contributed by atoms with van der Waals surface area (Å²) in [4.78, 5) is 24.8. The zero-order valence-corrected chi connectivity index (χ0v) is 18.1. The summed E-state index contributed by atoms with van der Waals surface area (Å²) in [5, 5.41) is 3.19. The van der Waals surface area contributed by atoms with Crippen LogP contribution in [0.4, 0.5) is 11.8 Å². The number of carbonyl (C=O) groups is 1. The number of ether oxygens (including phenoxy) is 1. The number of rotatable bonds is 8. The monoisotopic (exact) mass is 422 g/mol. The number of anilines is 2. The lowest BCUT2D eigenvalue weighted by molar-refractivity contribution is -0.123. The van der Waals surface area contributed by atoms with E-state index in [4.69, 9.17) is 10.5 Å². The summed E-state index contributed by atoms with van der Waals surface area (Å²) in [6.07, 6.45) is 1.67. The normalized spacial score (nSPS) is 19.0. The van der Waals surface area contributed by atoms with Gasteiger partial charge in [0.25, 0.3) is 0 Å². The van der Waals surface area contributed by atoms with Crippen LogP contribution in [0.1, 0.15) is 13.8 Å². The molecule has 0 aromatic carbocycles. The van der Waals surface area contributed by atoms with Gasteiger partial charge in [-0.25, -0.2) is 4.98 Å². The molecule has 1 aromatic heterocycles. The Balaban J connectivity index is 0.00000338. The number of hydrogen-bond acceptors (Lipinski definition) is 7. The van der Waals surface area contributed by atoms with Crippen LogP contribution in [0.2, 0.25) is 0 Å². The average Bonchev–Trinajstić information content (AvgIpc) is 2.96. The van der Waals surface area contributed by atoms with Crippen molar-refractivity contribution in [1.29, 1.82) is 0 Å². The fourth-order valence-corrected chi connectivity index (χ4v) is 3.21. The number of nitrogen functional groups attached to an aromatic ring is 1. The van der Waals surface area contributed by atoms with Crippen molar-refractivity contribution in [1.82, 2.24) is 20.2 Å². The van der Waals surface area contributed by atoms with Crippen LogP contribution in [-0.4, -0.2) is 73.8 Å². The van der Waals surface area contributed by atoms with Gasteiger partial charge in [-0.2, -0.15) is 4.98 Å². The molecule has 156 valence electrons. The Morgan fingerprint density at radius 3 is 2.74 bits per heavy atom. The van der Waals surface area contributed by atoms with E-state index in [1.807, 2.05) is 18.0 Å². The smallest absolute Gasteiger partial charge is 0.234 e. The third-order valence-corrected chi connectivity index (χ3v) is 4.64. The number of nitrogens with one attached hydrogen (secondary N) is 1. The third kappa shape index (κ3) is 7.65. The SMILES string of the molecule is COCCN(C)CC(=O)N[C@H]1CN(c2ccnc(N)n2)C[C@@H]1C(C)C.Cl.Cl. The summed E-state index contributed by atoms with van der Waals surface area (Å²) < 4.78 is 5.05. The van der Waals surface area contributed by atoms with Gasteiger partial charge < -0.3 is 20.7 Å². The second-order valence-corrected chi connectivity index (χ2v) is 6.99. The minimum atomic E-state index is 0. The first-order chi connectivity index (χ1) is 11.9. The van der Waals surface area contributed by atoms with E-state index in [9.17, 15) is 4.79 Å². The first-order valence-electron chi connectivity index (χ1n) is 8.71. The number of amides is 1. The van der Waals surface area contributed by atoms with Crippen molar-refractivity contribution in [3.05, 3.63) is 12.3 Å². The average molecular weight is 423 g/mol. The maximum atomic E-state index is 12.4. The molecule has 27 heavy (non-hydrogen) atoms. The van der Waals surface area contributed by atoms with Gasteiger partial charge >= 0.3 is 0 Å². The van der Waals surface area contributed by atoms with Crippen molar-refractivity contribution in [3.63, 3.8) is 0 Å². The van der Waals surface area contributed by atoms with Crippen LogP contribution in [0.15, 0.2) is 12.3 Å². The van der Waals surface area contributed by atoms with Crippen LogP contribution in [0, 0.1) is 11.8 Å². The molecule has 1 saturated heterocycles. The molecule has 1 aliphatic heterocycles. The number of aromatic nitrogens is 2. The van der Waals surface area contributed by atoms with Gasteiger partial charge in [0.1, 0.15) is 5.82 Å². The molecule has 10 heteroatoms. The highest BCUT2D eigenvalue weighted by Crippen LogP contribution is 2.27. The Morgan fingerprint density at radius 1 is 1.44 bits per heavy atom. The number of methoxy groups -OCH3 is 1. The van der Waals surface area contributed by atoms with E-state index in [1.165, 1.54) is 0 Å². The van der Waals surface area contributed by atoms with Crippen molar-refractivity contribution < 1.29 is 9.53 Å². The molecule has 0 aliphatic carbocycles. The number of hydrogen-bond donors (Lipinski definition) is 2. The Kier molecular flexibility index (Phi) is 11.6. The van der Waals surface area contributed by atoms with Crippen LogP contribution in [0.25, 0.3) is 0 Å². The predicted molar refractivity (Wildman–Crippen MR) is 113 cm³/mol. The lowest BCUT2D eigenvalue weighted by atomic mass is 9.91. The van der Waals surface area contributed by atoms with Crippen LogP contribution < -0.4 is 16.0 Å². The molecule has 0 bridgehead atoms. The number of likely N-dealkylation sites (N-methyl/N-ethyl adjacent to an activating group) is 1. The summed E-state index contributed by atoms with van der Waals surface area (Å²) in [6, 6.07) is 1.95. The molecule has 1 aromatic rings. The second kappa shape index (κ2) is 12.2. The lowest BCUT2D eigenvalue weighted by Gasteiger charge is -2.24. The van der Waals surface area contributed by atoms with Gasteiger partial charge in [0, 0.05) is 38.9 Å². The first-order valence-corrected chi connectivity index (χ1v) is 8.71. The van der Waals surface area contributed by atoms with Gasteiger partial charge in [0.2, 0.25) is 11.9 Å². The Morgan fingerprint density at radius 2 is 2.15 bits per heavy atom. The molecule has 1 aliphatic rings. The minimum absolute atomic E-state index is 0. The molecule has 2 rings (SSSR count). The molecule has 1 fully saturated rings. The summed E-state index contributed by atoms with van der Waals surface area (Å²) in [5.74, 6) is 1.95. The topological polar surface area (TPSA) is 96.6 Å². The van der Waals surface area contributed by atoms with Crippen molar-refractivity contribution in [2.45, 2.75) is 19.9 Å². The standard InChI is InChI=1S/C17H30N6O2.2ClH/c1-12(2)13-9-23(15-5-6-19-17(18)21-15)10-14(13)20-16(24)11-22(3)7-8-25-4;;/h5-6,12-14H,7-11H2,1-4H3,(H,20,24)(H2,18,19,21);2*1H/t13-,14+;;/m1../s1. The van der Waals surface area contributed by atoms with Gasteiger partial charge in [-0.05, 0) is 19.0 Å². The van der Waals surface area contributed by atoms with Crippen LogP contribution >= 0.6 is 24.8 Å². The van der Waals surface area contributed by atoms with Gasteiger partial charge in [0.15, 0.2) is 0 Å². The van der Waals surface area contributed by atoms with E-state index in [0.717, 1.165) is 25.5 Å². The summed E-state index contributed by atoms with van der Waals surface area (Å²) in [6.45, 7) is 7.66. The summed E-state index contributed by atoms with van der Waals surface area (Å²) in [5.41, 5.74) is 5.70. The fourth-order valence-electron chi connectivity index (χ4n) is 3.21. The number of halogens is 2. The molecule has 8 nitrogen and oxygen atoms in total. The maximum absolute atomic E-state index is 12.4. The van der Waals surface area contributed by atoms with E-state index < -0.39 is 0 Å². The number of nitrogens with two attached hydrogens (primary N) is 1. The van der Waals surface area contributed by atoms with Gasteiger partial charge in [0.05, 0.1) is 19.2 Å². The highest BCUT2D eigenvalue weighted by molar-refractivity contribution is 5.85. The highest BCUT2D eigenvalue weighted by atomic mass is 35.5. The Labute approximate surface area is 174 Å². The van der Waals surface area contributed by atoms with Gasteiger partial charge in [-0.1, -0.05) is 13.8 Å². The molecule has 2 atom stereocenters. The highest BCUT2D eigenvalue weighted by Gasteiger charge is 2.36. The quantitative estimate of drug-likeness (QED) is 0.645. The molecular weight excluding hydrogens is 391 g/mol. The van der Waals surface area contributed by atoms with E-state index in [0.29, 0.717) is 25.0 Å². The van der Waals surface area contributed by atoms with Crippen LogP contribution in [0.5, 0.6) is 0 Å². The van der Waals surface area contributed by atoms with E-state index in [2.05, 4.69) is 34.0 Å². The lowest BCUT2D eigenvalue weighted by Crippen LogP contribution is -2.46. The largest absolute Gasteiger partial charge is 0.383 e. The van der Waals surface area contributed by atoms with E-state index in [-0.39, 0.29) is 42.7 Å². The molecule has 0 radical (unpaired) electrons. The fraction of sp³-hybridized carbons (Fsp3) is 0.706. The van der Waals surface area contributed by atoms with E-state index >= 15 is 0 Å². The molecule has 2 heterocycles. The molecule has 0 spiro atoms.